The van der Waals surface area contributed by atoms with E-state index >= 15 is 0 Å². The van der Waals surface area contributed by atoms with Crippen LogP contribution in [0.15, 0.2) is 109 Å². The molecule has 0 atom stereocenters. The summed E-state index contributed by atoms with van der Waals surface area (Å²) < 4.78 is 24.9. The van der Waals surface area contributed by atoms with Gasteiger partial charge in [0.1, 0.15) is 5.65 Å². The van der Waals surface area contributed by atoms with Crippen molar-refractivity contribution in [3.8, 4) is 33.5 Å². The maximum absolute atomic E-state index is 11.4. The maximum Gasteiger partial charge on any atom is 0.168 e. The van der Waals surface area contributed by atoms with Gasteiger partial charge in [0.15, 0.2) is 9.84 Å². The van der Waals surface area contributed by atoms with Crippen molar-refractivity contribution >= 4 is 21.6 Å². The van der Waals surface area contributed by atoms with Crippen molar-refractivity contribution < 1.29 is 8.42 Å². The van der Waals surface area contributed by atoms with Crippen molar-refractivity contribution in [3.05, 3.63) is 114 Å². The molecule has 0 amide bonds. The Labute approximate surface area is 193 Å². The molecule has 0 bridgehead atoms. The summed E-state index contributed by atoms with van der Waals surface area (Å²) in [4.78, 5) is 4.95. The number of sulfone groups is 1. The first-order chi connectivity index (χ1) is 16.0. The number of hydrogen-bond acceptors (Lipinski definition) is 3. The van der Waals surface area contributed by atoms with Crippen molar-refractivity contribution in [3.63, 3.8) is 0 Å². The molecule has 0 radical (unpaired) electrons. The monoisotopic (exact) mass is 450 g/mol. The highest BCUT2D eigenvalue weighted by Crippen LogP contribution is 2.32. The molecule has 5 heteroatoms. The van der Waals surface area contributed by atoms with Crippen LogP contribution in [0.2, 0.25) is 0 Å². The summed E-state index contributed by atoms with van der Waals surface area (Å²) in [5.41, 5.74) is 7.98. The number of benzene rings is 3. The Hall–Kier alpha value is -3.96. The second-order valence-electron chi connectivity index (χ2n) is 7.99. The molecule has 0 aliphatic carbocycles. The van der Waals surface area contributed by atoms with E-state index in [-0.39, 0.29) is 0 Å². The number of pyridine rings is 1. The zero-order valence-electron chi connectivity index (χ0n) is 18.1. The standard InChI is InChI=1S/C28H22N2O2S/c1-33(31,32)17-16-21-12-14-22(15-13-21)25-18-26(23-8-4-2-5-9-23)28-29-27(20-30(28)19-25)24-10-6-3-7-11-24/h2-20H,1H3. The van der Waals surface area contributed by atoms with Crippen molar-refractivity contribution in [2.24, 2.45) is 0 Å². The van der Waals surface area contributed by atoms with E-state index in [0.717, 1.165) is 44.7 Å². The Morgan fingerprint density at radius 3 is 2.00 bits per heavy atom. The smallest absolute Gasteiger partial charge is 0.168 e. The van der Waals surface area contributed by atoms with Gasteiger partial charge in [-0.25, -0.2) is 13.4 Å². The van der Waals surface area contributed by atoms with E-state index in [1.807, 2.05) is 60.7 Å². The van der Waals surface area contributed by atoms with Crippen LogP contribution in [0.5, 0.6) is 0 Å². The Kier molecular flexibility index (Phi) is 5.40. The third kappa shape index (κ3) is 4.64. The van der Waals surface area contributed by atoms with Gasteiger partial charge in [0.05, 0.1) is 5.69 Å². The second-order valence-corrected chi connectivity index (χ2v) is 9.92. The summed E-state index contributed by atoms with van der Waals surface area (Å²) in [5, 5.41) is 1.22. The van der Waals surface area contributed by atoms with Gasteiger partial charge < -0.3 is 4.40 Å². The number of nitrogens with zero attached hydrogens (tertiary/aromatic N) is 2. The zero-order valence-corrected chi connectivity index (χ0v) is 18.9. The zero-order chi connectivity index (χ0) is 22.8. The minimum atomic E-state index is -3.16. The van der Waals surface area contributed by atoms with E-state index in [4.69, 9.17) is 4.98 Å². The Morgan fingerprint density at radius 2 is 1.36 bits per heavy atom. The van der Waals surface area contributed by atoms with Crippen molar-refractivity contribution in [2.75, 3.05) is 6.26 Å². The fourth-order valence-corrected chi connectivity index (χ4v) is 4.23. The molecule has 0 unspecified atom stereocenters. The molecule has 0 aliphatic rings. The summed E-state index contributed by atoms with van der Waals surface area (Å²) in [5.74, 6) is 0. The minimum absolute atomic E-state index is 0.836. The van der Waals surface area contributed by atoms with Gasteiger partial charge in [0, 0.05) is 35.2 Å². The van der Waals surface area contributed by atoms with Crippen LogP contribution in [0, 0.1) is 0 Å². The first kappa shape index (κ1) is 20.9. The van der Waals surface area contributed by atoms with Crippen LogP contribution in [-0.4, -0.2) is 24.1 Å². The SMILES string of the molecule is CS(=O)(=O)C=Cc1ccc(-c2cc(-c3ccccc3)c3nc(-c4ccccc4)cn3c2)cc1. The molecule has 0 saturated carbocycles. The molecule has 0 saturated heterocycles. The summed E-state index contributed by atoms with van der Waals surface area (Å²) in [6, 6.07) is 30.4. The lowest BCUT2D eigenvalue weighted by Crippen LogP contribution is -1.91. The van der Waals surface area contributed by atoms with E-state index in [0.29, 0.717) is 0 Å². The Balaban J connectivity index is 1.63. The maximum atomic E-state index is 11.4. The molecule has 33 heavy (non-hydrogen) atoms. The molecule has 0 N–H and O–H groups in total. The van der Waals surface area contributed by atoms with Gasteiger partial charge in [0.25, 0.3) is 0 Å². The lowest BCUT2D eigenvalue weighted by molar-refractivity contribution is 0.610. The molecule has 5 aromatic rings. The highest BCUT2D eigenvalue weighted by Gasteiger charge is 2.12. The van der Waals surface area contributed by atoms with Crippen LogP contribution in [0.4, 0.5) is 0 Å². The number of hydrogen-bond donors (Lipinski definition) is 0. The summed E-state index contributed by atoms with van der Waals surface area (Å²) in [6.07, 6.45) is 6.94. The number of rotatable bonds is 5. The van der Waals surface area contributed by atoms with Crippen LogP contribution >= 0.6 is 0 Å². The van der Waals surface area contributed by atoms with Gasteiger partial charge in [-0.3, -0.25) is 0 Å². The van der Waals surface area contributed by atoms with Gasteiger partial charge in [-0.2, -0.15) is 0 Å². The Bertz CT molecular complexity index is 1550. The van der Waals surface area contributed by atoms with Gasteiger partial charge in [-0.15, -0.1) is 0 Å². The molecule has 2 heterocycles. The highest BCUT2D eigenvalue weighted by molar-refractivity contribution is 7.93. The van der Waals surface area contributed by atoms with Crippen molar-refractivity contribution in [1.29, 1.82) is 0 Å². The van der Waals surface area contributed by atoms with Crippen LogP contribution in [0.3, 0.4) is 0 Å². The predicted octanol–water partition coefficient (Wildman–Crippen LogP) is 6.35. The van der Waals surface area contributed by atoms with Crippen LogP contribution < -0.4 is 0 Å². The fourth-order valence-electron chi connectivity index (χ4n) is 3.82. The molecule has 0 aliphatic heterocycles. The first-order valence-electron chi connectivity index (χ1n) is 10.6. The quantitative estimate of drug-likeness (QED) is 0.313. The average molecular weight is 451 g/mol. The molecule has 4 nitrogen and oxygen atoms in total. The largest absolute Gasteiger partial charge is 0.305 e. The van der Waals surface area contributed by atoms with E-state index in [1.54, 1.807) is 6.08 Å². The van der Waals surface area contributed by atoms with Gasteiger partial charge in [-0.1, -0.05) is 84.9 Å². The van der Waals surface area contributed by atoms with Gasteiger partial charge in [0.2, 0.25) is 0 Å². The summed E-state index contributed by atoms with van der Waals surface area (Å²) >= 11 is 0. The summed E-state index contributed by atoms with van der Waals surface area (Å²) in [6.45, 7) is 0. The number of aromatic nitrogens is 2. The normalized spacial score (nSPS) is 11.9. The van der Waals surface area contributed by atoms with Gasteiger partial charge in [-0.05, 0) is 34.4 Å². The van der Waals surface area contributed by atoms with E-state index in [2.05, 4.69) is 47.1 Å². The third-order valence-electron chi connectivity index (χ3n) is 5.46. The van der Waals surface area contributed by atoms with Crippen LogP contribution in [0.25, 0.3) is 45.2 Å². The van der Waals surface area contributed by atoms with E-state index in [1.165, 1.54) is 11.7 Å². The molecule has 0 fully saturated rings. The highest BCUT2D eigenvalue weighted by atomic mass is 32.2. The molecular weight excluding hydrogens is 428 g/mol. The first-order valence-corrected chi connectivity index (χ1v) is 12.5. The Morgan fingerprint density at radius 1 is 0.727 bits per heavy atom. The van der Waals surface area contributed by atoms with Crippen molar-refractivity contribution in [1.82, 2.24) is 9.38 Å². The predicted molar refractivity (Wildman–Crippen MR) is 135 cm³/mol. The fraction of sp³-hybridized carbons (Fsp3) is 0.0357. The molecule has 5 rings (SSSR count). The molecular formula is C28H22N2O2S. The lowest BCUT2D eigenvalue weighted by Gasteiger charge is -2.09. The lowest BCUT2D eigenvalue weighted by atomic mass is 10.0. The second kappa shape index (κ2) is 8.52. The average Bonchev–Trinajstić information content (AvgIpc) is 3.27. The number of fused-ring (bicyclic) bond motifs is 1. The minimum Gasteiger partial charge on any atom is -0.305 e. The summed E-state index contributed by atoms with van der Waals surface area (Å²) in [7, 11) is -3.16. The molecule has 162 valence electrons. The van der Waals surface area contributed by atoms with Crippen LogP contribution in [-0.2, 0) is 9.84 Å². The molecule has 0 spiro atoms. The van der Waals surface area contributed by atoms with Gasteiger partial charge >= 0.3 is 0 Å². The molecule has 3 aromatic carbocycles. The van der Waals surface area contributed by atoms with E-state index in [9.17, 15) is 8.42 Å². The van der Waals surface area contributed by atoms with E-state index < -0.39 is 9.84 Å². The van der Waals surface area contributed by atoms with Crippen LogP contribution in [0.1, 0.15) is 5.56 Å². The van der Waals surface area contributed by atoms with Crippen molar-refractivity contribution in [2.45, 2.75) is 0 Å². The topological polar surface area (TPSA) is 51.4 Å². The molecule has 2 aromatic heterocycles. The number of imidazole rings is 1. The third-order valence-corrected chi connectivity index (χ3v) is 6.09.